The zero-order chi connectivity index (χ0) is 17.0. The predicted octanol–water partition coefficient (Wildman–Crippen LogP) is 6.27. The van der Waals surface area contributed by atoms with Gasteiger partial charge < -0.3 is 4.57 Å². The van der Waals surface area contributed by atoms with E-state index in [9.17, 15) is 0 Å². The Bertz CT molecular complexity index is 508. The molecular weight excluding hydrogens is 254 g/mol. The third-order valence-corrected chi connectivity index (χ3v) is 4.14. The second kappa shape index (κ2) is 5.18. The Kier molecular flexibility index (Phi) is 4.52. The monoisotopic (exact) mass is 291 g/mol. The van der Waals surface area contributed by atoms with Gasteiger partial charge in [0.25, 0.3) is 0 Å². The first kappa shape index (κ1) is 18.3. The molecule has 1 heteroatoms. The number of aromatic nitrogens is 1. The molecule has 0 fully saturated rings. The standard InChI is InChI=1S/C20H37N/c1-13(2)21-16(19(7,8)9)14(3)15(18(4,5)6)17(21)20(10,11)12/h13H,1-12H3. The Morgan fingerprint density at radius 2 is 1.05 bits per heavy atom. The van der Waals surface area contributed by atoms with Crippen LogP contribution < -0.4 is 0 Å². The molecule has 1 heterocycles. The van der Waals surface area contributed by atoms with Gasteiger partial charge in [-0.05, 0) is 37.3 Å². The summed E-state index contributed by atoms with van der Waals surface area (Å²) in [4.78, 5) is 0. The van der Waals surface area contributed by atoms with Crippen molar-refractivity contribution in [1.29, 1.82) is 0 Å². The van der Waals surface area contributed by atoms with Crippen molar-refractivity contribution >= 4 is 0 Å². The molecule has 0 atom stereocenters. The summed E-state index contributed by atoms with van der Waals surface area (Å²) in [6.45, 7) is 28.1. The van der Waals surface area contributed by atoms with Crippen LogP contribution in [0.15, 0.2) is 0 Å². The SMILES string of the molecule is Cc1c(C(C)(C)C)c(C(C)(C)C)n(C(C)C)c1C(C)(C)C. The molecule has 0 aromatic carbocycles. The third-order valence-electron chi connectivity index (χ3n) is 4.14. The highest BCUT2D eigenvalue weighted by atomic mass is 15.0. The molecule has 0 bridgehead atoms. The lowest BCUT2D eigenvalue weighted by molar-refractivity contribution is 0.427. The van der Waals surface area contributed by atoms with Gasteiger partial charge in [0.15, 0.2) is 0 Å². The van der Waals surface area contributed by atoms with Crippen LogP contribution in [0.5, 0.6) is 0 Å². The van der Waals surface area contributed by atoms with Gasteiger partial charge in [0.1, 0.15) is 0 Å². The first-order valence-corrected chi connectivity index (χ1v) is 8.36. The van der Waals surface area contributed by atoms with Crippen LogP contribution in [0.4, 0.5) is 0 Å². The van der Waals surface area contributed by atoms with Gasteiger partial charge in [-0.3, -0.25) is 0 Å². The number of hydrogen-bond donors (Lipinski definition) is 0. The zero-order valence-electron chi connectivity index (χ0n) is 16.5. The fourth-order valence-corrected chi connectivity index (χ4v) is 3.80. The molecule has 0 radical (unpaired) electrons. The summed E-state index contributed by atoms with van der Waals surface area (Å²) in [6.07, 6.45) is 0. The van der Waals surface area contributed by atoms with Crippen LogP contribution in [0, 0.1) is 6.92 Å². The highest BCUT2D eigenvalue weighted by molar-refractivity contribution is 5.48. The first-order valence-electron chi connectivity index (χ1n) is 8.36. The van der Waals surface area contributed by atoms with E-state index in [1.54, 1.807) is 5.56 Å². The summed E-state index contributed by atoms with van der Waals surface area (Å²) in [5.41, 5.74) is 6.56. The fraction of sp³-hybridized carbons (Fsp3) is 0.800. The van der Waals surface area contributed by atoms with Crippen molar-refractivity contribution in [3.8, 4) is 0 Å². The van der Waals surface area contributed by atoms with Gasteiger partial charge in [-0.2, -0.15) is 0 Å². The van der Waals surface area contributed by atoms with Gasteiger partial charge in [0.05, 0.1) is 0 Å². The summed E-state index contributed by atoms with van der Waals surface area (Å²) in [6, 6.07) is 0.489. The molecule has 0 unspecified atom stereocenters. The zero-order valence-corrected chi connectivity index (χ0v) is 16.5. The summed E-state index contributed by atoms with van der Waals surface area (Å²) in [7, 11) is 0. The Balaban J connectivity index is 4.00. The Morgan fingerprint density at radius 3 is 1.29 bits per heavy atom. The molecule has 0 amide bonds. The van der Waals surface area contributed by atoms with Crippen molar-refractivity contribution in [1.82, 2.24) is 4.57 Å². The van der Waals surface area contributed by atoms with Gasteiger partial charge in [-0.25, -0.2) is 0 Å². The largest absolute Gasteiger partial charge is 0.345 e. The molecule has 122 valence electrons. The van der Waals surface area contributed by atoms with E-state index in [1.165, 1.54) is 17.0 Å². The highest BCUT2D eigenvalue weighted by Gasteiger charge is 2.37. The molecule has 0 saturated carbocycles. The molecule has 0 saturated heterocycles. The van der Waals surface area contributed by atoms with E-state index in [-0.39, 0.29) is 16.2 Å². The van der Waals surface area contributed by atoms with Gasteiger partial charge >= 0.3 is 0 Å². The summed E-state index contributed by atoms with van der Waals surface area (Å²) in [5, 5.41) is 0. The van der Waals surface area contributed by atoms with Gasteiger partial charge in [-0.15, -0.1) is 0 Å². The molecule has 0 spiro atoms. The molecule has 0 aliphatic rings. The molecule has 0 N–H and O–H groups in total. The smallest absolute Gasteiger partial charge is 0.0280 e. The van der Waals surface area contributed by atoms with E-state index in [0.29, 0.717) is 6.04 Å². The quantitative estimate of drug-likeness (QED) is 0.574. The average Bonchev–Trinajstić information content (AvgIpc) is 2.49. The summed E-state index contributed by atoms with van der Waals surface area (Å²) < 4.78 is 2.62. The average molecular weight is 292 g/mol. The van der Waals surface area contributed by atoms with Crippen molar-refractivity contribution in [2.24, 2.45) is 0 Å². The lowest BCUT2D eigenvalue weighted by Crippen LogP contribution is -2.27. The molecule has 1 nitrogen and oxygen atoms in total. The molecule has 1 aromatic heterocycles. The van der Waals surface area contributed by atoms with Gasteiger partial charge in [-0.1, -0.05) is 62.3 Å². The topological polar surface area (TPSA) is 4.93 Å². The van der Waals surface area contributed by atoms with Crippen LogP contribution in [0.1, 0.15) is 105 Å². The maximum absolute atomic E-state index is 2.62. The fourth-order valence-electron chi connectivity index (χ4n) is 3.80. The van der Waals surface area contributed by atoms with Gasteiger partial charge in [0.2, 0.25) is 0 Å². The molecule has 1 rings (SSSR count). The summed E-state index contributed by atoms with van der Waals surface area (Å²) in [5.74, 6) is 0. The highest BCUT2D eigenvalue weighted by Crippen LogP contribution is 2.44. The molecule has 1 aromatic rings. The van der Waals surface area contributed by atoms with Crippen LogP contribution in [0.3, 0.4) is 0 Å². The van der Waals surface area contributed by atoms with Crippen molar-refractivity contribution < 1.29 is 0 Å². The normalized spacial score (nSPS) is 14.1. The van der Waals surface area contributed by atoms with Crippen LogP contribution in [-0.4, -0.2) is 4.57 Å². The summed E-state index contributed by atoms with van der Waals surface area (Å²) >= 11 is 0. The lowest BCUT2D eigenvalue weighted by atomic mass is 9.77. The maximum Gasteiger partial charge on any atom is 0.0280 e. The van der Waals surface area contributed by atoms with Crippen LogP contribution in [-0.2, 0) is 16.2 Å². The molecule has 0 aliphatic heterocycles. The second-order valence-corrected chi connectivity index (χ2v) is 9.91. The van der Waals surface area contributed by atoms with Crippen molar-refractivity contribution in [2.75, 3.05) is 0 Å². The minimum Gasteiger partial charge on any atom is -0.345 e. The van der Waals surface area contributed by atoms with E-state index < -0.39 is 0 Å². The second-order valence-electron chi connectivity index (χ2n) is 9.91. The van der Waals surface area contributed by atoms with Crippen LogP contribution >= 0.6 is 0 Å². The molecule has 21 heavy (non-hydrogen) atoms. The minimum atomic E-state index is 0.154. The Morgan fingerprint density at radius 1 is 0.667 bits per heavy atom. The molecular formula is C20H37N. The lowest BCUT2D eigenvalue weighted by Gasteiger charge is -2.32. The number of nitrogens with zero attached hydrogens (tertiary/aromatic N) is 1. The van der Waals surface area contributed by atoms with Crippen molar-refractivity contribution in [3.05, 3.63) is 22.5 Å². The van der Waals surface area contributed by atoms with E-state index in [4.69, 9.17) is 0 Å². The van der Waals surface area contributed by atoms with E-state index in [2.05, 4.69) is 87.7 Å². The van der Waals surface area contributed by atoms with Crippen molar-refractivity contribution in [3.63, 3.8) is 0 Å². The van der Waals surface area contributed by atoms with Crippen molar-refractivity contribution in [2.45, 2.75) is 105 Å². The third kappa shape index (κ3) is 3.38. The van der Waals surface area contributed by atoms with E-state index in [0.717, 1.165) is 0 Å². The van der Waals surface area contributed by atoms with Crippen LogP contribution in [0.2, 0.25) is 0 Å². The predicted molar refractivity (Wildman–Crippen MR) is 95.7 cm³/mol. The van der Waals surface area contributed by atoms with Crippen LogP contribution in [0.25, 0.3) is 0 Å². The number of hydrogen-bond acceptors (Lipinski definition) is 0. The Labute approximate surface area is 133 Å². The number of rotatable bonds is 1. The van der Waals surface area contributed by atoms with Gasteiger partial charge in [0, 0.05) is 28.3 Å². The first-order chi connectivity index (χ1) is 9.10. The minimum absolute atomic E-state index is 0.154. The molecule has 0 aliphatic carbocycles. The Hall–Kier alpha value is -0.720. The van der Waals surface area contributed by atoms with E-state index >= 15 is 0 Å². The van der Waals surface area contributed by atoms with E-state index in [1.807, 2.05) is 0 Å². The maximum atomic E-state index is 2.62.